The Balaban J connectivity index is 3.11. The lowest BCUT2D eigenvalue weighted by molar-refractivity contribution is -0.104. The lowest BCUT2D eigenvalue weighted by Gasteiger charge is -1.92. The summed E-state index contributed by atoms with van der Waals surface area (Å²) in [6.45, 7) is 0. The van der Waals surface area contributed by atoms with Crippen LogP contribution in [0.4, 0.5) is 0 Å². The minimum absolute atomic E-state index is 0.291. The number of allylic oxidation sites excluding steroid dienone is 5. The molecule has 0 aromatic heterocycles. The van der Waals surface area contributed by atoms with Gasteiger partial charge in [0.15, 0.2) is 17.6 Å². The van der Waals surface area contributed by atoms with Gasteiger partial charge in [0.05, 0.1) is 12.2 Å². The number of nitrogens with two attached hydrogens (primary N) is 1. The van der Waals surface area contributed by atoms with Crippen molar-refractivity contribution in [2.24, 2.45) is 5.73 Å². The van der Waals surface area contributed by atoms with Crippen molar-refractivity contribution in [3.63, 3.8) is 0 Å². The number of halogens is 1. The second-order valence-electron chi connectivity index (χ2n) is 1.78. The molecular formula is C7H5ClNO+. The third-order valence-corrected chi connectivity index (χ3v) is 1.46. The van der Waals surface area contributed by atoms with Gasteiger partial charge in [-0.3, -0.25) is 4.79 Å². The number of carbonyl (C=O) groups excluding carboxylic acids is 1. The number of rotatable bonds is 1. The zero-order valence-electron chi connectivity index (χ0n) is 5.10. The van der Waals surface area contributed by atoms with Crippen LogP contribution in [0.15, 0.2) is 28.5 Å². The molecule has 10 heavy (non-hydrogen) atoms. The second-order valence-corrected chi connectivity index (χ2v) is 2.16. The van der Waals surface area contributed by atoms with Crippen LogP contribution in [0.2, 0.25) is 0 Å². The molecule has 0 fully saturated rings. The molecule has 0 aromatic rings. The number of aldehydes is 1. The molecule has 0 saturated carbocycles. The van der Waals surface area contributed by atoms with E-state index >= 15 is 0 Å². The second kappa shape index (κ2) is 2.65. The van der Waals surface area contributed by atoms with Gasteiger partial charge in [0.2, 0.25) is 5.03 Å². The van der Waals surface area contributed by atoms with Crippen molar-refractivity contribution in [1.29, 1.82) is 0 Å². The van der Waals surface area contributed by atoms with Gasteiger partial charge in [-0.2, -0.15) is 0 Å². The standard InChI is InChI=1S/C7H4ClNO/c8-6-3-1-2-5(4-10)7(6)9/h1-2,4H,(H-,9,10)/p+1. The SMILES string of the molecule is NC1=C(C=O)C=C[C+]=C1Cl. The molecule has 3 heteroatoms. The van der Waals surface area contributed by atoms with Crippen LogP contribution in [0.3, 0.4) is 0 Å². The summed E-state index contributed by atoms with van der Waals surface area (Å²) in [6, 6.07) is 0. The van der Waals surface area contributed by atoms with Crippen molar-refractivity contribution in [3.8, 4) is 0 Å². The van der Waals surface area contributed by atoms with E-state index in [9.17, 15) is 4.79 Å². The zero-order chi connectivity index (χ0) is 7.56. The van der Waals surface area contributed by atoms with E-state index in [1.54, 1.807) is 12.2 Å². The van der Waals surface area contributed by atoms with E-state index < -0.39 is 0 Å². The lowest BCUT2D eigenvalue weighted by atomic mass is 10.1. The molecule has 0 radical (unpaired) electrons. The summed E-state index contributed by atoms with van der Waals surface area (Å²) in [5, 5.41) is 0.296. The van der Waals surface area contributed by atoms with Crippen LogP contribution in [0, 0.1) is 6.08 Å². The molecule has 0 unspecified atom stereocenters. The molecule has 0 heterocycles. The number of hydrogen-bond donors (Lipinski definition) is 1. The molecule has 1 aliphatic carbocycles. The third-order valence-electron chi connectivity index (χ3n) is 1.15. The summed E-state index contributed by atoms with van der Waals surface area (Å²) in [5.74, 6) is 0. The molecule has 0 spiro atoms. The van der Waals surface area contributed by atoms with Gasteiger partial charge in [-0.05, 0) is 11.6 Å². The van der Waals surface area contributed by atoms with Crippen molar-refractivity contribution in [1.82, 2.24) is 0 Å². The van der Waals surface area contributed by atoms with Gasteiger partial charge in [-0.25, -0.2) is 0 Å². The van der Waals surface area contributed by atoms with E-state index in [2.05, 4.69) is 6.08 Å². The van der Waals surface area contributed by atoms with E-state index in [-0.39, 0.29) is 0 Å². The van der Waals surface area contributed by atoms with E-state index in [0.29, 0.717) is 22.6 Å². The molecule has 0 bridgehead atoms. The van der Waals surface area contributed by atoms with Gasteiger partial charge in [0, 0.05) is 0 Å². The minimum Gasteiger partial charge on any atom is -0.345 e. The first-order chi connectivity index (χ1) is 4.75. The van der Waals surface area contributed by atoms with E-state index in [1.807, 2.05) is 0 Å². The monoisotopic (exact) mass is 154 g/mol. The average Bonchev–Trinajstić information content (AvgIpc) is 1.95. The Hall–Kier alpha value is -1.11. The molecule has 1 aliphatic rings. The molecule has 0 atom stereocenters. The summed E-state index contributed by atoms with van der Waals surface area (Å²) < 4.78 is 0. The van der Waals surface area contributed by atoms with Crippen LogP contribution in [-0.4, -0.2) is 6.29 Å². The highest BCUT2D eigenvalue weighted by Gasteiger charge is 2.16. The first-order valence-corrected chi connectivity index (χ1v) is 3.04. The van der Waals surface area contributed by atoms with Crippen LogP contribution >= 0.6 is 11.6 Å². The van der Waals surface area contributed by atoms with E-state index in [0.717, 1.165) is 0 Å². The summed E-state index contributed by atoms with van der Waals surface area (Å²) >= 11 is 5.55. The number of hydrogen-bond acceptors (Lipinski definition) is 2. The Morgan fingerprint density at radius 2 is 2.40 bits per heavy atom. The Morgan fingerprint density at radius 3 is 2.90 bits per heavy atom. The van der Waals surface area contributed by atoms with Crippen molar-refractivity contribution in [3.05, 3.63) is 34.5 Å². The van der Waals surface area contributed by atoms with Crippen LogP contribution in [-0.2, 0) is 4.79 Å². The average molecular weight is 155 g/mol. The molecule has 0 saturated heterocycles. The molecule has 0 aromatic carbocycles. The smallest absolute Gasteiger partial charge is 0.229 e. The summed E-state index contributed by atoms with van der Waals surface area (Å²) in [5.41, 5.74) is 6.10. The maximum atomic E-state index is 10.2. The minimum atomic E-state index is 0.291. The summed E-state index contributed by atoms with van der Waals surface area (Å²) in [4.78, 5) is 10.2. The van der Waals surface area contributed by atoms with Crippen LogP contribution in [0.1, 0.15) is 0 Å². The van der Waals surface area contributed by atoms with E-state index in [4.69, 9.17) is 17.3 Å². The quantitative estimate of drug-likeness (QED) is 0.450. The molecule has 50 valence electrons. The predicted octanol–water partition coefficient (Wildman–Crippen LogP) is 0.894. The zero-order valence-corrected chi connectivity index (χ0v) is 5.85. The van der Waals surface area contributed by atoms with Crippen molar-refractivity contribution in [2.45, 2.75) is 0 Å². The first kappa shape index (κ1) is 7.00. The Labute approximate surface area is 63.7 Å². The fourth-order valence-corrected chi connectivity index (χ4v) is 0.774. The molecule has 0 aliphatic heterocycles. The summed E-state index contributed by atoms with van der Waals surface area (Å²) in [6.07, 6.45) is 6.44. The maximum Gasteiger partial charge on any atom is 0.229 e. The van der Waals surface area contributed by atoms with Gasteiger partial charge < -0.3 is 5.73 Å². The fraction of sp³-hybridized carbons (Fsp3) is 0. The van der Waals surface area contributed by atoms with Crippen LogP contribution < -0.4 is 5.73 Å². The molecule has 2 N–H and O–H groups in total. The topological polar surface area (TPSA) is 43.1 Å². The van der Waals surface area contributed by atoms with Crippen LogP contribution in [0.25, 0.3) is 0 Å². The van der Waals surface area contributed by atoms with Gasteiger partial charge in [-0.1, -0.05) is 0 Å². The molecule has 1 rings (SSSR count). The fourth-order valence-electron chi connectivity index (χ4n) is 0.602. The van der Waals surface area contributed by atoms with Crippen molar-refractivity contribution in [2.75, 3.05) is 0 Å². The normalized spacial score (nSPS) is 16.3. The Bertz CT molecular complexity index is 250. The molecule has 0 amide bonds. The number of carbonyl (C=O) groups is 1. The first-order valence-electron chi connectivity index (χ1n) is 2.66. The predicted molar refractivity (Wildman–Crippen MR) is 39.0 cm³/mol. The molecular weight excluding hydrogens is 150 g/mol. The van der Waals surface area contributed by atoms with Crippen molar-refractivity contribution >= 4 is 17.9 Å². The summed E-state index contributed by atoms with van der Waals surface area (Å²) in [7, 11) is 0. The van der Waals surface area contributed by atoms with Gasteiger partial charge >= 0.3 is 0 Å². The van der Waals surface area contributed by atoms with Crippen molar-refractivity contribution < 1.29 is 4.79 Å². The van der Waals surface area contributed by atoms with Gasteiger partial charge in [0.1, 0.15) is 6.08 Å². The Kier molecular flexibility index (Phi) is 1.86. The highest BCUT2D eigenvalue weighted by atomic mass is 35.5. The highest BCUT2D eigenvalue weighted by molar-refractivity contribution is 6.32. The Morgan fingerprint density at radius 1 is 1.70 bits per heavy atom. The largest absolute Gasteiger partial charge is 0.345 e. The highest BCUT2D eigenvalue weighted by Crippen LogP contribution is 2.16. The van der Waals surface area contributed by atoms with Gasteiger partial charge in [0.25, 0.3) is 0 Å². The van der Waals surface area contributed by atoms with Gasteiger partial charge in [-0.15, -0.1) is 0 Å². The lowest BCUT2D eigenvalue weighted by Crippen LogP contribution is -2.04. The molecule has 2 nitrogen and oxygen atoms in total. The van der Waals surface area contributed by atoms with E-state index in [1.165, 1.54) is 0 Å². The van der Waals surface area contributed by atoms with Crippen LogP contribution in [0.5, 0.6) is 0 Å². The maximum absolute atomic E-state index is 10.2. The third kappa shape index (κ3) is 1.08.